The third-order valence-corrected chi connectivity index (χ3v) is 2.96. The van der Waals surface area contributed by atoms with Gasteiger partial charge in [-0.2, -0.15) is 0 Å². The minimum Gasteiger partial charge on any atom is -0.379 e. The third-order valence-electron chi connectivity index (χ3n) is 2.96. The maximum absolute atomic E-state index is 5.12. The number of methoxy groups -OCH3 is 1. The highest BCUT2D eigenvalue weighted by Crippen LogP contribution is 2.18. The highest BCUT2D eigenvalue weighted by molar-refractivity contribution is 4.53. The molecule has 0 aliphatic carbocycles. The summed E-state index contributed by atoms with van der Waals surface area (Å²) in [4.78, 5) is 0. The molecule has 0 aromatic rings. The van der Waals surface area contributed by atoms with Crippen LogP contribution in [0.5, 0.6) is 0 Å². The van der Waals surface area contributed by atoms with Gasteiger partial charge in [0.1, 0.15) is 6.54 Å². The van der Waals surface area contributed by atoms with Crippen LogP contribution in [-0.4, -0.2) is 44.4 Å². The van der Waals surface area contributed by atoms with Crippen molar-refractivity contribution in [1.29, 1.82) is 0 Å². The van der Waals surface area contributed by atoms with Crippen LogP contribution in [0, 0.1) is 0 Å². The Kier molecular flexibility index (Phi) is 3.34. The zero-order chi connectivity index (χ0) is 8.16. The van der Waals surface area contributed by atoms with Crippen LogP contribution < -0.4 is 0 Å². The SMILES string of the molecule is CC[N+]1(CCOC)CCCC1. The molecule has 0 spiro atoms. The van der Waals surface area contributed by atoms with Crippen molar-refractivity contribution in [2.45, 2.75) is 19.8 Å². The van der Waals surface area contributed by atoms with E-state index in [1.807, 2.05) is 0 Å². The summed E-state index contributed by atoms with van der Waals surface area (Å²) in [5.41, 5.74) is 0. The van der Waals surface area contributed by atoms with E-state index in [9.17, 15) is 0 Å². The first-order valence-corrected chi connectivity index (χ1v) is 4.67. The smallest absolute Gasteiger partial charge is 0.102 e. The Morgan fingerprint density at radius 1 is 1.27 bits per heavy atom. The second kappa shape index (κ2) is 4.07. The Labute approximate surface area is 69.7 Å². The average molecular weight is 158 g/mol. The van der Waals surface area contributed by atoms with Crippen molar-refractivity contribution in [1.82, 2.24) is 0 Å². The largest absolute Gasteiger partial charge is 0.379 e. The van der Waals surface area contributed by atoms with Crippen molar-refractivity contribution in [2.75, 3.05) is 39.9 Å². The van der Waals surface area contributed by atoms with Crippen molar-refractivity contribution < 1.29 is 9.22 Å². The maximum atomic E-state index is 5.12. The first kappa shape index (κ1) is 9.01. The lowest BCUT2D eigenvalue weighted by molar-refractivity contribution is -0.915. The standard InChI is InChI=1S/C9H20NO/c1-3-10(8-9-11-2)6-4-5-7-10/h3-9H2,1-2H3/q+1. The molecular weight excluding hydrogens is 138 g/mol. The lowest BCUT2D eigenvalue weighted by Crippen LogP contribution is -2.47. The molecule has 0 bridgehead atoms. The minimum absolute atomic E-state index is 0.924. The summed E-state index contributed by atoms with van der Waals surface area (Å²) in [5, 5.41) is 0. The molecule has 0 aromatic carbocycles. The molecule has 2 heteroatoms. The van der Waals surface area contributed by atoms with Gasteiger partial charge in [0.15, 0.2) is 0 Å². The van der Waals surface area contributed by atoms with E-state index in [0.29, 0.717) is 0 Å². The van der Waals surface area contributed by atoms with Gasteiger partial charge < -0.3 is 9.22 Å². The molecule has 0 aromatic heterocycles. The number of hydrogen-bond donors (Lipinski definition) is 0. The predicted molar refractivity (Wildman–Crippen MR) is 46.5 cm³/mol. The molecule has 0 radical (unpaired) electrons. The molecule has 2 nitrogen and oxygen atoms in total. The molecule has 11 heavy (non-hydrogen) atoms. The van der Waals surface area contributed by atoms with Crippen molar-refractivity contribution in [3.8, 4) is 0 Å². The van der Waals surface area contributed by atoms with Crippen LogP contribution in [0.1, 0.15) is 19.8 Å². The monoisotopic (exact) mass is 158 g/mol. The number of rotatable bonds is 4. The van der Waals surface area contributed by atoms with E-state index in [4.69, 9.17) is 4.74 Å². The van der Waals surface area contributed by atoms with Crippen LogP contribution in [-0.2, 0) is 4.74 Å². The Morgan fingerprint density at radius 2 is 1.91 bits per heavy atom. The molecule has 0 saturated carbocycles. The van der Waals surface area contributed by atoms with Gasteiger partial charge in [0.2, 0.25) is 0 Å². The predicted octanol–water partition coefficient (Wildman–Crippen LogP) is 1.26. The van der Waals surface area contributed by atoms with Gasteiger partial charge in [-0.1, -0.05) is 0 Å². The molecule has 0 unspecified atom stereocenters. The first-order valence-electron chi connectivity index (χ1n) is 4.67. The van der Waals surface area contributed by atoms with E-state index in [-0.39, 0.29) is 0 Å². The Balaban J connectivity index is 2.33. The zero-order valence-electron chi connectivity index (χ0n) is 7.81. The van der Waals surface area contributed by atoms with E-state index >= 15 is 0 Å². The van der Waals surface area contributed by atoms with Crippen molar-refractivity contribution >= 4 is 0 Å². The maximum Gasteiger partial charge on any atom is 0.102 e. The number of likely N-dealkylation sites (tertiary alicyclic amines) is 1. The summed E-state index contributed by atoms with van der Waals surface area (Å²) in [5.74, 6) is 0. The van der Waals surface area contributed by atoms with Crippen LogP contribution in [0.15, 0.2) is 0 Å². The van der Waals surface area contributed by atoms with Gasteiger partial charge in [0.25, 0.3) is 0 Å². The summed E-state index contributed by atoms with van der Waals surface area (Å²) in [7, 11) is 1.79. The number of hydrogen-bond acceptors (Lipinski definition) is 1. The molecule has 1 heterocycles. The fourth-order valence-electron chi connectivity index (χ4n) is 1.99. The summed E-state index contributed by atoms with van der Waals surface area (Å²) in [6.45, 7) is 8.46. The van der Waals surface area contributed by atoms with Crippen LogP contribution in [0.2, 0.25) is 0 Å². The van der Waals surface area contributed by atoms with Gasteiger partial charge in [-0.15, -0.1) is 0 Å². The van der Waals surface area contributed by atoms with Crippen LogP contribution in [0.3, 0.4) is 0 Å². The van der Waals surface area contributed by atoms with Crippen LogP contribution in [0.25, 0.3) is 0 Å². The fourth-order valence-corrected chi connectivity index (χ4v) is 1.99. The second-order valence-electron chi connectivity index (χ2n) is 3.53. The normalized spacial score (nSPS) is 22.4. The average Bonchev–Trinajstić information content (AvgIpc) is 2.50. The van der Waals surface area contributed by atoms with Crippen LogP contribution in [0.4, 0.5) is 0 Å². The molecule has 1 aliphatic rings. The van der Waals surface area contributed by atoms with Gasteiger partial charge in [0.05, 0.1) is 26.2 Å². The van der Waals surface area contributed by atoms with Crippen LogP contribution >= 0.6 is 0 Å². The number of likely N-dealkylation sites (N-methyl/N-ethyl adjacent to an activating group) is 1. The van der Waals surface area contributed by atoms with Gasteiger partial charge >= 0.3 is 0 Å². The highest BCUT2D eigenvalue weighted by Gasteiger charge is 2.28. The Hall–Kier alpha value is -0.0800. The summed E-state index contributed by atoms with van der Waals surface area (Å²) >= 11 is 0. The quantitative estimate of drug-likeness (QED) is 0.560. The molecule has 1 saturated heterocycles. The van der Waals surface area contributed by atoms with Gasteiger partial charge in [-0.3, -0.25) is 0 Å². The lowest BCUT2D eigenvalue weighted by Gasteiger charge is -2.32. The zero-order valence-corrected chi connectivity index (χ0v) is 7.81. The first-order chi connectivity index (χ1) is 5.33. The van der Waals surface area contributed by atoms with E-state index in [1.165, 1.54) is 43.5 Å². The number of quaternary nitrogens is 1. The third kappa shape index (κ3) is 2.17. The number of nitrogens with zero attached hydrogens (tertiary/aromatic N) is 1. The van der Waals surface area contributed by atoms with Crippen molar-refractivity contribution in [3.63, 3.8) is 0 Å². The topological polar surface area (TPSA) is 9.23 Å². The lowest BCUT2D eigenvalue weighted by atomic mass is 10.4. The molecule has 0 amide bonds. The van der Waals surface area contributed by atoms with Gasteiger partial charge in [-0.25, -0.2) is 0 Å². The van der Waals surface area contributed by atoms with Gasteiger partial charge in [-0.05, 0) is 6.92 Å². The highest BCUT2D eigenvalue weighted by atomic mass is 16.5. The molecule has 1 fully saturated rings. The van der Waals surface area contributed by atoms with E-state index in [0.717, 1.165) is 6.61 Å². The summed E-state index contributed by atoms with van der Waals surface area (Å²) in [6, 6.07) is 0. The molecule has 66 valence electrons. The van der Waals surface area contributed by atoms with Crippen molar-refractivity contribution in [2.24, 2.45) is 0 Å². The molecule has 0 N–H and O–H groups in total. The second-order valence-corrected chi connectivity index (χ2v) is 3.53. The van der Waals surface area contributed by atoms with E-state index < -0.39 is 0 Å². The van der Waals surface area contributed by atoms with Gasteiger partial charge in [0, 0.05) is 20.0 Å². The van der Waals surface area contributed by atoms with E-state index in [2.05, 4.69) is 6.92 Å². The fraction of sp³-hybridized carbons (Fsp3) is 1.00. The molecular formula is C9H20NO+. The summed E-state index contributed by atoms with van der Waals surface area (Å²) in [6.07, 6.45) is 2.83. The van der Waals surface area contributed by atoms with Crippen molar-refractivity contribution in [3.05, 3.63) is 0 Å². The molecule has 1 rings (SSSR count). The molecule has 0 atom stereocenters. The number of ether oxygens (including phenoxy) is 1. The Morgan fingerprint density at radius 3 is 2.36 bits per heavy atom. The minimum atomic E-state index is 0.924. The summed E-state index contributed by atoms with van der Waals surface area (Å²) < 4.78 is 6.41. The van der Waals surface area contributed by atoms with E-state index in [1.54, 1.807) is 7.11 Å². The molecule has 1 aliphatic heterocycles. The Bertz CT molecular complexity index is 108.